The van der Waals surface area contributed by atoms with Gasteiger partial charge in [0.15, 0.2) is 29.3 Å². The van der Waals surface area contributed by atoms with E-state index in [2.05, 4.69) is 37.4 Å². The zero-order valence-corrected chi connectivity index (χ0v) is 17.0. The number of aliphatic hydroxyl groups is 2. The zero-order chi connectivity index (χ0) is 22.0. The van der Waals surface area contributed by atoms with Crippen molar-refractivity contribution in [2.45, 2.75) is 31.5 Å². The predicted molar refractivity (Wildman–Crippen MR) is 112 cm³/mol. The molecule has 4 atom stereocenters. The Hall–Kier alpha value is -3.52. The Balaban J connectivity index is 1.72. The average molecular weight is 422 g/mol. The Bertz CT molecular complexity index is 1150. The molecule has 10 nitrogen and oxygen atoms in total. The summed E-state index contributed by atoms with van der Waals surface area (Å²) in [5, 5.41) is 26.4. The van der Waals surface area contributed by atoms with Gasteiger partial charge in [0.25, 0.3) is 5.91 Å². The Morgan fingerprint density at radius 2 is 1.97 bits per heavy atom. The van der Waals surface area contributed by atoms with Crippen molar-refractivity contribution >= 4 is 22.9 Å². The normalized spacial score (nSPS) is 22.7. The van der Waals surface area contributed by atoms with Crippen molar-refractivity contribution in [3.05, 3.63) is 48.0 Å². The number of carbonyl (C=O) groups excluding carboxylic acids is 1. The van der Waals surface area contributed by atoms with E-state index in [9.17, 15) is 15.0 Å². The minimum Gasteiger partial charge on any atom is -0.387 e. The first-order valence-corrected chi connectivity index (χ1v) is 9.82. The number of amides is 1. The summed E-state index contributed by atoms with van der Waals surface area (Å²) in [4.78, 5) is 25.3. The Kier molecular flexibility index (Phi) is 5.81. The molecule has 31 heavy (non-hydrogen) atoms. The monoisotopic (exact) mass is 422 g/mol. The predicted octanol–water partition coefficient (Wildman–Crippen LogP) is 0.0231. The maximum absolute atomic E-state index is 12.2. The van der Waals surface area contributed by atoms with Crippen molar-refractivity contribution in [2.75, 3.05) is 18.9 Å². The molecule has 0 spiro atoms. The molecule has 0 aliphatic carbocycles. The molecule has 1 fully saturated rings. The third kappa shape index (κ3) is 3.94. The van der Waals surface area contributed by atoms with Gasteiger partial charge in [-0.15, -0.1) is 0 Å². The summed E-state index contributed by atoms with van der Waals surface area (Å²) >= 11 is 0. The number of nitrogens with zero attached hydrogens (tertiary/aromatic N) is 4. The van der Waals surface area contributed by atoms with Crippen LogP contribution in [0.1, 0.15) is 24.5 Å². The van der Waals surface area contributed by atoms with Crippen LogP contribution >= 0.6 is 0 Å². The SMILES string of the molecule is CCNC(=O)C1OC(n2cnc3c(NC)nc(C#Cc4ccccc4)nc32)C(O)C1O. The van der Waals surface area contributed by atoms with Crippen molar-refractivity contribution in [3.63, 3.8) is 0 Å². The van der Waals surface area contributed by atoms with Gasteiger partial charge in [-0.3, -0.25) is 9.36 Å². The third-order valence-electron chi connectivity index (χ3n) is 4.87. The molecule has 1 saturated heterocycles. The summed E-state index contributed by atoms with van der Waals surface area (Å²) in [6.45, 7) is 2.13. The molecular weight excluding hydrogens is 400 g/mol. The molecule has 3 aromatic rings. The molecule has 0 bridgehead atoms. The lowest BCUT2D eigenvalue weighted by Gasteiger charge is -2.16. The second kappa shape index (κ2) is 8.69. The van der Waals surface area contributed by atoms with Gasteiger partial charge in [-0.1, -0.05) is 24.1 Å². The van der Waals surface area contributed by atoms with E-state index in [1.807, 2.05) is 30.3 Å². The summed E-state index contributed by atoms with van der Waals surface area (Å²) in [7, 11) is 1.70. The highest BCUT2D eigenvalue weighted by atomic mass is 16.6. The Morgan fingerprint density at radius 1 is 1.19 bits per heavy atom. The van der Waals surface area contributed by atoms with Crippen molar-refractivity contribution in [2.24, 2.45) is 0 Å². The summed E-state index contributed by atoms with van der Waals surface area (Å²) in [5.74, 6) is 6.13. The fraction of sp³-hybridized carbons (Fsp3) is 0.333. The number of benzene rings is 1. The number of nitrogens with one attached hydrogen (secondary N) is 2. The molecular formula is C21H22N6O4. The zero-order valence-electron chi connectivity index (χ0n) is 17.0. The lowest BCUT2D eigenvalue weighted by Crippen LogP contribution is -2.42. The average Bonchev–Trinajstić information content (AvgIpc) is 3.33. The summed E-state index contributed by atoms with van der Waals surface area (Å²) in [6.07, 6.45) is -3.58. The molecule has 0 radical (unpaired) electrons. The molecule has 4 rings (SSSR count). The number of rotatable bonds is 4. The van der Waals surface area contributed by atoms with Gasteiger partial charge in [-0.25, -0.2) is 15.0 Å². The van der Waals surface area contributed by atoms with E-state index in [1.165, 1.54) is 10.9 Å². The Labute approximate surface area is 178 Å². The Morgan fingerprint density at radius 3 is 2.68 bits per heavy atom. The van der Waals surface area contributed by atoms with Gasteiger partial charge in [-0.05, 0) is 25.0 Å². The van der Waals surface area contributed by atoms with E-state index in [1.54, 1.807) is 14.0 Å². The lowest BCUT2D eigenvalue weighted by molar-refractivity contribution is -0.137. The quantitative estimate of drug-likeness (QED) is 0.433. The van der Waals surface area contributed by atoms with Crippen LogP contribution in [0.3, 0.4) is 0 Å². The van der Waals surface area contributed by atoms with Gasteiger partial charge in [0, 0.05) is 19.2 Å². The number of aliphatic hydroxyl groups excluding tert-OH is 2. The number of fused-ring (bicyclic) bond motifs is 1. The van der Waals surface area contributed by atoms with Crippen LogP contribution in [-0.2, 0) is 9.53 Å². The van der Waals surface area contributed by atoms with Crippen molar-refractivity contribution in [1.29, 1.82) is 0 Å². The minimum atomic E-state index is -1.39. The number of likely N-dealkylation sites (N-methyl/N-ethyl adjacent to an activating group) is 1. The van der Waals surface area contributed by atoms with Gasteiger partial charge in [0.2, 0.25) is 5.82 Å². The van der Waals surface area contributed by atoms with Gasteiger partial charge < -0.3 is 25.6 Å². The number of carbonyl (C=O) groups is 1. The topological polar surface area (TPSA) is 134 Å². The number of hydrogen-bond acceptors (Lipinski definition) is 8. The smallest absolute Gasteiger partial charge is 0.252 e. The summed E-state index contributed by atoms with van der Waals surface area (Å²) in [5.41, 5.74) is 1.61. The van der Waals surface area contributed by atoms with Crippen LogP contribution in [0.2, 0.25) is 0 Å². The second-order valence-corrected chi connectivity index (χ2v) is 6.91. The van der Waals surface area contributed by atoms with E-state index < -0.39 is 30.4 Å². The highest BCUT2D eigenvalue weighted by molar-refractivity contribution is 5.84. The molecule has 10 heteroatoms. The van der Waals surface area contributed by atoms with E-state index in [0.717, 1.165) is 5.56 Å². The van der Waals surface area contributed by atoms with Crippen LogP contribution < -0.4 is 10.6 Å². The highest BCUT2D eigenvalue weighted by Gasteiger charge is 2.47. The van der Waals surface area contributed by atoms with Gasteiger partial charge in [-0.2, -0.15) is 0 Å². The fourth-order valence-electron chi connectivity index (χ4n) is 3.36. The van der Waals surface area contributed by atoms with E-state index in [4.69, 9.17) is 4.74 Å². The van der Waals surface area contributed by atoms with Crippen LogP contribution in [0, 0.1) is 11.8 Å². The first-order valence-electron chi connectivity index (χ1n) is 9.82. The van der Waals surface area contributed by atoms with E-state index in [-0.39, 0.29) is 5.82 Å². The molecule has 4 N–H and O–H groups in total. The summed E-state index contributed by atoms with van der Waals surface area (Å²) in [6, 6.07) is 9.43. The van der Waals surface area contributed by atoms with Gasteiger partial charge in [0.05, 0.1) is 6.33 Å². The van der Waals surface area contributed by atoms with Crippen LogP contribution in [0.15, 0.2) is 36.7 Å². The molecule has 4 unspecified atom stereocenters. The fourth-order valence-corrected chi connectivity index (χ4v) is 3.36. The van der Waals surface area contributed by atoms with Crippen LogP contribution in [0.25, 0.3) is 11.2 Å². The number of ether oxygens (including phenoxy) is 1. The number of aromatic nitrogens is 4. The molecule has 0 saturated carbocycles. The molecule has 1 aliphatic rings. The van der Waals surface area contributed by atoms with Crippen LogP contribution in [0.5, 0.6) is 0 Å². The van der Waals surface area contributed by atoms with E-state index in [0.29, 0.717) is 23.5 Å². The van der Waals surface area contributed by atoms with Crippen molar-refractivity contribution in [3.8, 4) is 11.8 Å². The standard InChI is InChI=1S/C21H22N6O4/c1-3-23-20(30)17-15(28)16(29)21(31-17)27-11-24-14-18(22-2)25-13(26-19(14)27)10-9-12-7-5-4-6-8-12/h4-8,11,15-17,21,28-29H,3H2,1-2H3,(H,23,30)(H,22,25,26). The van der Waals surface area contributed by atoms with Gasteiger partial charge in [0.1, 0.15) is 12.2 Å². The molecule has 3 heterocycles. The molecule has 1 amide bonds. The molecule has 1 aromatic carbocycles. The van der Waals surface area contributed by atoms with E-state index >= 15 is 0 Å². The largest absolute Gasteiger partial charge is 0.387 e. The third-order valence-corrected chi connectivity index (χ3v) is 4.87. The number of anilines is 1. The lowest BCUT2D eigenvalue weighted by atomic mass is 10.1. The summed E-state index contributed by atoms with van der Waals surface area (Å²) < 4.78 is 7.16. The number of hydrogen-bond donors (Lipinski definition) is 4. The molecule has 160 valence electrons. The first-order chi connectivity index (χ1) is 15.0. The number of imidazole rings is 1. The second-order valence-electron chi connectivity index (χ2n) is 6.91. The molecule has 1 aliphatic heterocycles. The van der Waals surface area contributed by atoms with Gasteiger partial charge >= 0.3 is 0 Å². The maximum Gasteiger partial charge on any atom is 0.252 e. The minimum absolute atomic E-state index is 0.246. The van der Waals surface area contributed by atoms with Crippen LogP contribution in [-0.4, -0.2) is 67.5 Å². The molecule has 2 aromatic heterocycles. The first kappa shape index (κ1) is 20.7. The highest BCUT2D eigenvalue weighted by Crippen LogP contribution is 2.32. The van der Waals surface area contributed by atoms with Crippen molar-refractivity contribution < 1.29 is 19.7 Å². The maximum atomic E-state index is 12.2. The van der Waals surface area contributed by atoms with Crippen molar-refractivity contribution in [1.82, 2.24) is 24.8 Å². The van der Waals surface area contributed by atoms with Crippen LogP contribution in [0.4, 0.5) is 5.82 Å².